The average Bonchev–Trinajstić information content (AvgIpc) is 2.91. The van der Waals surface area contributed by atoms with E-state index >= 15 is 0 Å². The number of carbonyl (C=O) groups is 1. The molecule has 0 unspecified atom stereocenters. The van der Waals surface area contributed by atoms with Crippen molar-refractivity contribution in [2.75, 3.05) is 24.6 Å². The van der Waals surface area contributed by atoms with E-state index in [-0.39, 0.29) is 6.09 Å². The molecule has 1 aromatic rings. The lowest BCUT2D eigenvalue weighted by molar-refractivity contribution is 0.181. The Morgan fingerprint density at radius 1 is 1.53 bits per heavy atom. The predicted octanol–water partition coefficient (Wildman–Crippen LogP) is 1.22. The summed E-state index contributed by atoms with van der Waals surface area (Å²) < 4.78 is 4.92. The fraction of sp³-hybridized carbons (Fsp3) is 0.455. The molecule has 3 rings (SSSR count). The molecule has 5 nitrogen and oxygen atoms in total. The van der Waals surface area contributed by atoms with Gasteiger partial charge in [-0.2, -0.15) is 5.26 Å². The van der Waals surface area contributed by atoms with Gasteiger partial charge in [-0.25, -0.2) is 4.79 Å². The fourth-order valence-corrected chi connectivity index (χ4v) is 3.49. The third kappa shape index (κ3) is 1.59. The summed E-state index contributed by atoms with van der Waals surface area (Å²) in [5, 5.41) is 13.3. The Morgan fingerprint density at radius 2 is 2.41 bits per heavy atom. The van der Waals surface area contributed by atoms with Crippen molar-refractivity contribution in [2.24, 2.45) is 0 Å². The molecule has 0 radical (unpaired) electrons. The lowest BCUT2D eigenvalue weighted by atomic mass is 10.0. The summed E-state index contributed by atoms with van der Waals surface area (Å²) in [7, 11) is 0. The van der Waals surface area contributed by atoms with Crippen LogP contribution in [0.4, 0.5) is 9.80 Å². The van der Waals surface area contributed by atoms with Crippen LogP contribution in [0.2, 0.25) is 0 Å². The van der Waals surface area contributed by atoms with E-state index < -0.39 is 0 Å². The first-order valence-electron chi connectivity index (χ1n) is 5.51. The second kappa shape index (κ2) is 4.02. The minimum atomic E-state index is -0.340. The zero-order chi connectivity index (χ0) is 11.8. The van der Waals surface area contributed by atoms with Gasteiger partial charge in [0.15, 0.2) is 0 Å². The molecular weight excluding hydrogens is 238 g/mol. The van der Waals surface area contributed by atoms with Gasteiger partial charge in [0.25, 0.3) is 0 Å². The lowest BCUT2D eigenvalue weighted by Gasteiger charge is -2.12. The molecule has 2 aliphatic heterocycles. The lowest BCUT2D eigenvalue weighted by Crippen LogP contribution is -2.23. The normalized spacial score (nSPS) is 18.8. The highest BCUT2D eigenvalue weighted by atomic mass is 32.1. The van der Waals surface area contributed by atoms with Crippen LogP contribution in [0.3, 0.4) is 0 Å². The molecule has 0 bridgehead atoms. The van der Waals surface area contributed by atoms with Crippen LogP contribution in [0.25, 0.3) is 0 Å². The van der Waals surface area contributed by atoms with E-state index in [9.17, 15) is 10.1 Å². The van der Waals surface area contributed by atoms with Gasteiger partial charge < -0.3 is 10.1 Å². The Morgan fingerprint density at radius 3 is 3.12 bits per heavy atom. The van der Waals surface area contributed by atoms with Crippen molar-refractivity contribution in [3.8, 4) is 6.07 Å². The first-order valence-corrected chi connectivity index (χ1v) is 6.32. The van der Waals surface area contributed by atoms with E-state index in [1.807, 2.05) is 0 Å². The zero-order valence-corrected chi connectivity index (χ0v) is 9.97. The molecule has 1 fully saturated rings. The highest BCUT2D eigenvalue weighted by molar-refractivity contribution is 7.16. The number of hydrogen-bond acceptors (Lipinski definition) is 5. The first-order chi connectivity index (χ1) is 8.31. The Balaban J connectivity index is 2.07. The standard InChI is InChI=1S/C11H11N3O2S/c12-5-8-7-1-2-13-6-9(7)17-10(8)14-3-4-16-11(14)15/h13H,1-4,6H2. The minimum Gasteiger partial charge on any atom is -0.447 e. The number of hydrogen-bond donors (Lipinski definition) is 1. The zero-order valence-electron chi connectivity index (χ0n) is 9.15. The molecular formula is C11H11N3O2S. The van der Waals surface area contributed by atoms with Crippen LogP contribution < -0.4 is 10.2 Å². The Labute approximate surface area is 103 Å². The summed E-state index contributed by atoms with van der Waals surface area (Å²) in [4.78, 5) is 14.3. The highest BCUT2D eigenvalue weighted by Gasteiger charge is 2.30. The van der Waals surface area contributed by atoms with E-state index in [1.54, 1.807) is 4.90 Å². The summed E-state index contributed by atoms with van der Waals surface area (Å²) in [6, 6.07) is 2.23. The number of anilines is 1. The molecule has 1 aromatic heterocycles. The van der Waals surface area contributed by atoms with E-state index in [0.717, 1.165) is 30.1 Å². The number of nitrogens with zero attached hydrogens (tertiary/aromatic N) is 2. The first kappa shape index (κ1) is 10.6. The number of carbonyl (C=O) groups excluding carboxylic acids is 1. The second-order valence-electron chi connectivity index (χ2n) is 3.99. The minimum absolute atomic E-state index is 0.340. The Hall–Kier alpha value is -1.58. The van der Waals surface area contributed by atoms with Crippen LogP contribution in [0, 0.1) is 11.3 Å². The highest BCUT2D eigenvalue weighted by Crippen LogP contribution is 2.38. The molecule has 1 amide bonds. The van der Waals surface area contributed by atoms with Crippen LogP contribution in [-0.4, -0.2) is 25.8 Å². The molecule has 6 heteroatoms. The SMILES string of the molecule is N#Cc1c(N2CCOC2=O)sc2c1CCNC2. The maximum Gasteiger partial charge on any atom is 0.415 e. The van der Waals surface area contributed by atoms with E-state index in [2.05, 4.69) is 11.4 Å². The summed E-state index contributed by atoms with van der Waals surface area (Å²) in [6.45, 7) is 2.63. The smallest absolute Gasteiger partial charge is 0.415 e. The van der Waals surface area contributed by atoms with Crippen LogP contribution >= 0.6 is 11.3 Å². The number of ether oxygens (including phenoxy) is 1. The Bertz CT molecular complexity index is 518. The van der Waals surface area contributed by atoms with Gasteiger partial charge in [0.05, 0.1) is 12.1 Å². The quantitative estimate of drug-likeness (QED) is 0.812. The van der Waals surface area contributed by atoms with Crippen LogP contribution in [0.5, 0.6) is 0 Å². The molecule has 3 heterocycles. The maximum atomic E-state index is 11.5. The van der Waals surface area contributed by atoms with Crippen LogP contribution in [0.15, 0.2) is 0 Å². The third-order valence-corrected chi connectivity index (χ3v) is 4.28. The number of nitrogens with one attached hydrogen (secondary N) is 1. The molecule has 2 aliphatic rings. The maximum absolute atomic E-state index is 11.5. The van der Waals surface area contributed by atoms with Gasteiger partial charge in [0.1, 0.15) is 17.7 Å². The molecule has 0 aromatic carbocycles. The molecule has 1 N–H and O–H groups in total. The van der Waals surface area contributed by atoms with E-state index in [0.29, 0.717) is 18.7 Å². The van der Waals surface area contributed by atoms with Gasteiger partial charge in [0.2, 0.25) is 0 Å². The topological polar surface area (TPSA) is 65.4 Å². The van der Waals surface area contributed by atoms with Crippen molar-refractivity contribution in [1.29, 1.82) is 5.26 Å². The van der Waals surface area contributed by atoms with Gasteiger partial charge in [0, 0.05) is 11.4 Å². The van der Waals surface area contributed by atoms with Crippen molar-refractivity contribution in [3.05, 3.63) is 16.0 Å². The monoisotopic (exact) mass is 249 g/mol. The van der Waals surface area contributed by atoms with E-state index in [4.69, 9.17) is 4.74 Å². The van der Waals surface area contributed by atoms with Crippen molar-refractivity contribution >= 4 is 22.4 Å². The van der Waals surface area contributed by atoms with Crippen LogP contribution in [0.1, 0.15) is 16.0 Å². The van der Waals surface area contributed by atoms with Crippen LogP contribution in [-0.2, 0) is 17.7 Å². The average molecular weight is 249 g/mol. The van der Waals surface area contributed by atoms with Crippen molar-refractivity contribution < 1.29 is 9.53 Å². The summed E-state index contributed by atoms with van der Waals surface area (Å²) in [5.74, 6) is 0. The summed E-state index contributed by atoms with van der Waals surface area (Å²) >= 11 is 1.53. The molecule has 1 saturated heterocycles. The van der Waals surface area contributed by atoms with Crippen molar-refractivity contribution in [1.82, 2.24) is 5.32 Å². The predicted molar refractivity (Wildman–Crippen MR) is 63.1 cm³/mol. The Kier molecular flexibility index (Phi) is 2.50. The van der Waals surface area contributed by atoms with E-state index in [1.165, 1.54) is 16.2 Å². The molecule has 0 atom stereocenters. The summed E-state index contributed by atoms with van der Waals surface area (Å²) in [6.07, 6.45) is 0.519. The number of nitriles is 1. The number of fused-ring (bicyclic) bond motifs is 1. The largest absolute Gasteiger partial charge is 0.447 e. The van der Waals surface area contributed by atoms with Gasteiger partial charge in [-0.05, 0) is 18.5 Å². The number of rotatable bonds is 1. The third-order valence-electron chi connectivity index (χ3n) is 3.03. The fourth-order valence-electron chi connectivity index (χ4n) is 2.20. The summed E-state index contributed by atoms with van der Waals surface area (Å²) in [5.41, 5.74) is 1.76. The molecule has 88 valence electrons. The van der Waals surface area contributed by atoms with Gasteiger partial charge >= 0.3 is 6.09 Å². The van der Waals surface area contributed by atoms with Gasteiger partial charge in [-0.1, -0.05) is 0 Å². The molecule has 17 heavy (non-hydrogen) atoms. The van der Waals surface area contributed by atoms with Crippen molar-refractivity contribution in [2.45, 2.75) is 13.0 Å². The number of amides is 1. The van der Waals surface area contributed by atoms with Gasteiger partial charge in [-0.15, -0.1) is 11.3 Å². The second-order valence-corrected chi connectivity index (χ2v) is 5.07. The molecule has 0 aliphatic carbocycles. The van der Waals surface area contributed by atoms with Crippen molar-refractivity contribution in [3.63, 3.8) is 0 Å². The van der Waals surface area contributed by atoms with Gasteiger partial charge in [-0.3, -0.25) is 4.90 Å². The molecule has 0 spiro atoms. The molecule has 0 saturated carbocycles. The number of cyclic esters (lactones) is 1. The number of thiophene rings is 1.